The molecule has 3 atom stereocenters. The van der Waals surface area contributed by atoms with Gasteiger partial charge in [0.15, 0.2) is 5.82 Å². The minimum Gasteiger partial charge on any atom is -0.494 e. The van der Waals surface area contributed by atoms with Gasteiger partial charge in [-0.25, -0.2) is 15.1 Å². The Labute approximate surface area is 319 Å². The van der Waals surface area contributed by atoms with Gasteiger partial charge in [0.25, 0.3) is 10.7 Å². The second-order valence-corrected chi connectivity index (χ2v) is 15.6. The minimum absolute atomic E-state index is 0.0126. The van der Waals surface area contributed by atoms with Gasteiger partial charge < -0.3 is 24.9 Å². The molecule has 0 spiro atoms. The fourth-order valence-corrected chi connectivity index (χ4v) is 6.71. The van der Waals surface area contributed by atoms with Gasteiger partial charge in [0.1, 0.15) is 17.8 Å². The number of benzene rings is 2. The molecule has 0 radical (unpaired) electrons. The molecule has 2 amide bonds. The number of rotatable bonds is 17. The summed E-state index contributed by atoms with van der Waals surface area (Å²) < 4.78 is 11.3. The number of carbonyl (C=O) groups is 2. The lowest BCUT2D eigenvalue weighted by Crippen LogP contribution is -2.50. The van der Waals surface area contributed by atoms with Crippen LogP contribution in [0, 0.1) is 4.84 Å². The molecule has 0 fully saturated rings. The van der Waals surface area contributed by atoms with E-state index in [9.17, 15) is 14.7 Å². The van der Waals surface area contributed by atoms with E-state index < -0.39 is 24.1 Å². The summed E-state index contributed by atoms with van der Waals surface area (Å²) in [4.78, 5) is 38.0. The van der Waals surface area contributed by atoms with Crippen molar-refractivity contribution in [1.29, 1.82) is 0 Å². The molecule has 53 heavy (non-hydrogen) atoms. The molecule has 1 unspecified atom stereocenters. The lowest BCUT2D eigenvalue weighted by Gasteiger charge is -2.23. The molecule has 13 heteroatoms. The molecule has 2 aromatic carbocycles. The van der Waals surface area contributed by atoms with Gasteiger partial charge in [-0.1, -0.05) is 89.8 Å². The SMILES string of the molecule is CCCCCCCOc1ccc(-c2cnc(-c3ccc(CC(NC(=O)c4ccc(C(C)(C)C)s4)C(=O)N[C@@H](c4n[nH]c(=S)o4)[C@@H](C)O)cc3)nc2)cc1. The number of carbonyl (C=O) groups excluding carboxylic acids is 2. The fraction of sp³-hybridized carbons (Fsp3) is 0.400. The van der Waals surface area contributed by atoms with E-state index in [4.69, 9.17) is 21.4 Å². The number of aromatic amines is 1. The summed E-state index contributed by atoms with van der Waals surface area (Å²) in [5.74, 6) is 0.542. The van der Waals surface area contributed by atoms with Crippen LogP contribution in [0.3, 0.4) is 0 Å². The van der Waals surface area contributed by atoms with Crippen molar-refractivity contribution >= 4 is 35.4 Å². The van der Waals surface area contributed by atoms with Crippen LogP contribution in [0.15, 0.2) is 77.5 Å². The van der Waals surface area contributed by atoms with Crippen molar-refractivity contribution in [2.45, 2.75) is 96.7 Å². The number of H-pyrrole nitrogens is 1. The molecule has 280 valence electrons. The van der Waals surface area contributed by atoms with Gasteiger partial charge in [-0.3, -0.25) is 9.59 Å². The molecule has 0 saturated carbocycles. The molecule has 0 saturated heterocycles. The highest BCUT2D eigenvalue weighted by atomic mass is 32.1. The second kappa shape index (κ2) is 18.4. The summed E-state index contributed by atoms with van der Waals surface area (Å²) in [7, 11) is 0. The Morgan fingerprint density at radius 2 is 1.60 bits per heavy atom. The van der Waals surface area contributed by atoms with Crippen molar-refractivity contribution in [3.05, 3.63) is 99.1 Å². The van der Waals surface area contributed by atoms with E-state index in [0.29, 0.717) is 10.7 Å². The predicted molar refractivity (Wildman–Crippen MR) is 209 cm³/mol. The van der Waals surface area contributed by atoms with Crippen LogP contribution in [0.25, 0.3) is 22.5 Å². The highest BCUT2D eigenvalue weighted by Crippen LogP contribution is 2.30. The maximum absolute atomic E-state index is 13.8. The van der Waals surface area contributed by atoms with Gasteiger partial charge in [0.05, 0.1) is 17.6 Å². The molecule has 3 heterocycles. The number of hydrogen-bond acceptors (Lipinski definition) is 10. The molecular weight excluding hydrogens is 709 g/mol. The number of ether oxygens (including phenoxy) is 1. The van der Waals surface area contributed by atoms with E-state index >= 15 is 0 Å². The molecule has 5 rings (SSSR count). The first-order chi connectivity index (χ1) is 25.4. The summed E-state index contributed by atoms with van der Waals surface area (Å²) >= 11 is 6.37. The molecular formula is C40H48N6O5S2. The molecule has 11 nitrogen and oxygen atoms in total. The number of amides is 2. The van der Waals surface area contributed by atoms with Gasteiger partial charge in [-0.05, 0) is 66.4 Å². The van der Waals surface area contributed by atoms with Crippen molar-refractivity contribution in [3.8, 4) is 28.3 Å². The number of thiophene rings is 1. The van der Waals surface area contributed by atoms with Crippen molar-refractivity contribution in [2.75, 3.05) is 6.61 Å². The highest BCUT2D eigenvalue weighted by Gasteiger charge is 2.30. The Hall–Kier alpha value is -4.72. The summed E-state index contributed by atoms with van der Waals surface area (Å²) in [6, 6.07) is 17.2. The molecule has 0 aliphatic carbocycles. The molecule has 3 aromatic heterocycles. The third kappa shape index (κ3) is 11.1. The fourth-order valence-electron chi connectivity index (χ4n) is 5.61. The van der Waals surface area contributed by atoms with Crippen LogP contribution in [0.5, 0.6) is 5.75 Å². The van der Waals surface area contributed by atoms with Gasteiger partial charge in [-0.2, -0.15) is 0 Å². The van der Waals surface area contributed by atoms with Crippen molar-refractivity contribution in [1.82, 2.24) is 30.8 Å². The van der Waals surface area contributed by atoms with Crippen molar-refractivity contribution in [2.24, 2.45) is 0 Å². The van der Waals surface area contributed by atoms with Crippen LogP contribution in [0.4, 0.5) is 0 Å². The summed E-state index contributed by atoms with van der Waals surface area (Å²) in [6.07, 6.45) is 8.71. The first-order valence-electron chi connectivity index (χ1n) is 18.0. The molecule has 4 N–H and O–H groups in total. The van der Waals surface area contributed by atoms with Crippen LogP contribution in [-0.2, 0) is 16.6 Å². The number of unbranched alkanes of at least 4 members (excludes halogenated alkanes) is 4. The van der Waals surface area contributed by atoms with Gasteiger partial charge in [0, 0.05) is 34.8 Å². The average molecular weight is 757 g/mol. The Kier molecular flexibility index (Phi) is 13.7. The monoisotopic (exact) mass is 756 g/mol. The van der Waals surface area contributed by atoms with Crippen LogP contribution in [0.2, 0.25) is 0 Å². The number of aliphatic hydroxyl groups excluding tert-OH is 1. The Morgan fingerprint density at radius 3 is 2.21 bits per heavy atom. The first kappa shape index (κ1) is 39.5. The molecule has 0 aliphatic rings. The molecule has 5 aromatic rings. The molecule has 0 bridgehead atoms. The Morgan fingerprint density at radius 1 is 0.925 bits per heavy atom. The van der Waals surface area contributed by atoms with E-state index in [1.165, 1.54) is 43.9 Å². The predicted octanol–water partition coefficient (Wildman–Crippen LogP) is 8.14. The van der Waals surface area contributed by atoms with Gasteiger partial charge in [-0.15, -0.1) is 16.4 Å². The van der Waals surface area contributed by atoms with Crippen LogP contribution >= 0.6 is 23.6 Å². The maximum Gasteiger partial charge on any atom is 0.284 e. The lowest BCUT2D eigenvalue weighted by molar-refractivity contribution is -0.124. The topological polar surface area (TPSA) is 155 Å². The van der Waals surface area contributed by atoms with Gasteiger partial charge >= 0.3 is 0 Å². The largest absolute Gasteiger partial charge is 0.494 e. The van der Waals surface area contributed by atoms with Crippen LogP contribution < -0.4 is 15.4 Å². The maximum atomic E-state index is 13.8. The Bertz CT molecular complexity index is 1980. The van der Waals surface area contributed by atoms with Gasteiger partial charge in [0.2, 0.25) is 11.8 Å². The second-order valence-electron chi connectivity index (χ2n) is 14.1. The van der Waals surface area contributed by atoms with Crippen molar-refractivity contribution in [3.63, 3.8) is 0 Å². The van der Waals surface area contributed by atoms with E-state index in [2.05, 4.69) is 58.5 Å². The first-order valence-corrected chi connectivity index (χ1v) is 19.2. The standard InChI is InChI=1S/C40H48N6O5S2/c1-6-7-8-9-10-21-50-30-17-15-27(16-18-30)29-23-41-35(42-24-29)28-13-11-26(12-14-28)22-31(43-37(49)32-19-20-33(53-32)40(3,4)5)36(48)44-34(25(2)47)38-45-46-39(52)51-38/h11-20,23-25,31,34,47H,6-10,21-22H2,1-5H3,(H,43,49)(H,44,48)(H,46,52)/t25-,31?,34-/m1/s1. The lowest BCUT2D eigenvalue weighted by atomic mass is 9.95. The zero-order valence-electron chi connectivity index (χ0n) is 30.8. The quantitative estimate of drug-likeness (QED) is 0.0544. The van der Waals surface area contributed by atoms with E-state index in [1.807, 2.05) is 54.6 Å². The minimum atomic E-state index is -1.06. The normalized spacial score (nSPS) is 13.2. The zero-order chi connectivity index (χ0) is 38.0. The van der Waals surface area contributed by atoms with Crippen LogP contribution in [-0.4, -0.2) is 55.8 Å². The third-order valence-corrected chi connectivity index (χ3v) is 10.4. The van der Waals surface area contributed by atoms with E-state index in [-0.39, 0.29) is 28.5 Å². The smallest absolute Gasteiger partial charge is 0.284 e. The van der Waals surface area contributed by atoms with E-state index in [1.54, 1.807) is 18.5 Å². The third-order valence-electron chi connectivity index (χ3n) is 8.70. The van der Waals surface area contributed by atoms with E-state index in [0.717, 1.165) is 45.9 Å². The summed E-state index contributed by atoms with van der Waals surface area (Å²) in [6.45, 7) is 10.7. The average Bonchev–Trinajstić information content (AvgIpc) is 3.82. The number of aliphatic hydroxyl groups is 1. The zero-order valence-corrected chi connectivity index (χ0v) is 32.5. The number of hydrogen-bond donors (Lipinski definition) is 4. The summed E-state index contributed by atoms with van der Waals surface area (Å²) in [5, 5.41) is 22.6. The molecule has 0 aliphatic heterocycles. The number of nitrogens with one attached hydrogen (secondary N) is 3. The number of nitrogens with zero attached hydrogens (tertiary/aromatic N) is 3. The highest BCUT2D eigenvalue weighted by molar-refractivity contribution is 7.71. The van der Waals surface area contributed by atoms with Crippen molar-refractivity contribution < 1.29 is 23.8 Å². The van der Waals surface area contributed by atoms with Crippen LogP contribution in [0.1, 0.15) is 98.8 Å². The Balaban J connectivity index is 1.26. The number of aromatic nitrogens is 4. The summed E-state index contributed by atoms with van der Waals surface area (Å²) in [5.41, 5.74) is 3.36.